The predicted molar refractivity (Wildman–Crippen MR) is 128 cm³/mol. The summed E-state index contributed by atoms with van der Waals surface area (Å²) in [5.41, 5.74) is 3.81. The van der Waals surface area contributed by atoms with Gasteiger partial charge in [0.15, 0.2) is 6.10 Å². The van der Waals surface area contributed by atoms with E-state index in [2.05, 4.69) is 30.2 Å². The minimum absolute atomic E-state index is 0.205. The van der Waals surface area contributed by atoms with E-state index in [1.807, 2.05) is 38.1 Å². The summed E-state index contributed by atoms with van der Waals surface area (Å²) in [4.78, 5) is 30.3. The summed E-state index contributed by atoms with van der Waals surface area (Å²) in [6, 6.07) is 12.8. The number of fused-ring (bicyclic) bond motifs is 1. The van der Waals surface area contributed by atoms with Gasteiger partial charge in [-0.1, -0.05) is 35.1 Å². The van der Waals surface area contributed by atoms with Crippen LogP contribution < -0.4 is 0 Å². The van der Waals surface area contributed by atoms with Crippen molar-refractivity contribution >= 4 is 23.5 Å². The van der Waals surface area contributed by atoms with Gasteiger partial charge in [0, 0.05) is 35.1 Å². The van der Waals surface area contributed by atoms with Crippen LogP contribution in [-0.2, 0) is 10.5 Å². The molecular weight excluding hydrogens is 466 g/mol. The topological polar surface area (TPSA) is 121 Å². The van der Waals surface area contributed by atoms with Crippen molar-refractivity contribution < 1.29 is 14.1 Å². The molecule has 0 spiro atoms. The molecule has 0 fully saturated rings. The summed E-state index contributed by atoms with van der Waals surface area (Å²) in [6.07, 6.45) is 2.57. The Bertz CT molecular complexity index is 1500. The molecule has 0 saturated carbocycles. The van der Waals surface area contributed by atoms with E-state index in [0.717, 1.165) is 17.0 Å². The minimum atomic E-state index is -0.724. The Labute approximate surface area is 204 Å². The van der Waals surface area contributed by atoms with Crippen molar-refractivity contribution in [2.24, 2.45) is 0 Å². The summed E-state index contributed by atoms with van der Waals surface area (Å²) in [6.45, 7) is 5.57. The number of hydrogen-bond donors (Lipinski definition) is 0. The third kappa shape index (κ3) is 4.90. The number of carbonyl (C=O) groups excluding carboxylic acids is 1. The highest BCUT2D eigenvalue weighted by Gasteiger charge is 2.22. The highest BCUT2D eigenvalue weighted by molar-refractivity contribution is 7.98. The smallest absolute Gasteiger partial charge is 0.339 e. The molecule has 0 aliphatic rings. The first-order valence-electron chi connectivity index (χ1n) is 10.8. The molecule has 0 aliphatic heterocycles. The van der Waals surface area contributed by atoms with Crippen LogP contribution in [0, 0.1) is 13.8 Å². The molecule has 0 radical (unpaired) electrons. The maximum atomic E-state index is 13.0. The molecular formula is C24H21N7O3S. The maximum absolute atomic E-state index is 13.0. The Hall–Kier alpha value is -4.12. The Morgan fingerprint density at radius 1 is 1.14 bits per heavy atom. The zero-order valence-corrected chi connectivity index (χ0v) is 20.1. The van der Waals surface area contributed by atoms with Crippen molar-refractivity contribution in [3.05, 3.63) is 83.3 Å². The highest BCUT2D eigenvalue weighted by atomic mass is 32.2. The normalized spacial score (nSPS) is 12.1. The first-order chi connectivity index (χ1) is 17.0. The van der Waals surface area contributed by atoms with Crippen LogP contribution in [0.5, 0.6) is 0 Å². The number of nitrogens with zero attached hydrogens (tertiary/aromatic N) is 7. The highest BCUT2D eigenvalue weighted by Crippen LogP contribution is 2.25. The van der Waals surface area contributed by atoms with Gasteiger partial charge < -0.3 is 9.26 Å². The van der Waals surface area contributed by atoms with E-state index >= 15 is 0 Å². The minimum Gasteiger partial charge on any atom is -0.449 e. The number of rotatable bonds is 7. The fraction of sp³-hybridized carbons (Fsp3) is 0.208. The van der Waals surface area contributed by atoms with E-state index in [4.69, 9.17) is 9.26 Å². The molecule has 176 valence electrons. The van der Waals surface area contributed by atoms with Gasteiger partial charge >= 0.3 is 5.97 Å². The van der Waals surface area contributed by atoms with Crippen molar-refractivity contribution in [3.8, 4) is 11.4 Å². The molecule has 5 aromatic rings. The molecule has 4 aromatic heterocycles. The second-order valence-electron chi connectivity index (χ2n) is 7.84. The molecule has 0 amide bonds. The van der Waals surface area contributed by atoms with E-state index in [1.165, 1.54) is 11.8 Å². The first kappa shape index (κ1) is 22.7. The molecule has 1 aromatic carbocycles. The van der Waals surface area contributed by atoms with E-state index < -0.39 is 12.1 Å². The van der Waals surface area contributed by atoms with E-state index in [1.54, 1.807) is 42.0 Å². The van der Waals surface area contributed by atoms with Crippen molar-refractivity contribution in [3.63, 3.8) is 0 Å². The number of benzene rings is 1. The molecule has 5 rings (SSSR count). The zero-order chi connectivity index (χ0) is 24.4. The van der Waals surface area contributed by atoms with Crippen LogP contribution in [0.25, 0.3) is 17.2 Å². The lowest BCUT2D eigenvalue weighted by Crippen LogP contribution is -2.11. The van der Waals surface area contributed by atoms with Gasteiger partial charge in [-0.25, -0.2) is 14.3 Å². The Morgan fingerprint density at radius 2 is 2.00 bits per heavy atom. The van der Waals surface area contributed by atoms with E-state index in [-0.39, 0.29) is 5.89 Å². The molecule has 35 heavy (non-hydrogen) atoms. The zero-order valence-electron chi connectivity index (χ0n) is 19.2. The Balaban J connectivity index is 1.28. The third-order valence-corrected chi connectivity index (χ3v) is 6.07. The number of aryl methyl sites for hydroxylation is 2. The van der Waals surface area contributed by atoms with Crippen LogP contribution in [0.4, 0.5) is 0 Å². The Kier molecular flexibility index (Phi) is 6.23. The van der Waals surface area contributed by atoms with Crippen molar-refractivity contribution in [1.29, 1.82) is 0 Å². The van der Waals surface area contributed by atoms with Gasteiger partial charge in [0.25, 0.3) is 11.7 Å². The van der Waals surface area contributed by atoms with Gasteiger partial charge in [-0.05, 0) is 50.6 Å². The molecule has 1 unspecified atom stereocenters. The number of hydrogen-bond acceptors (Lipinski definition) is 10. The number of thioether (sulfide) groups is 1. The van der Waals surface area contributed by atoms with Crippen molar-refractivity contribution in [1.82, 2.24) is 34.7 Å². The second kappa shape index (κ2) is 9.63. The molecule has 4 heterocycles. The summed E-state index contributed by atoms with van der Waals surface area (Å²) in [5.74, 6) is 1.15. The van der Waals surface area contributed by atoms with E-state index in [9.17, 15) is 4.79 Å². The van der Waals surface area contributed by atoms with Crippen molar-refractivity contribution in [2.75, 3.05) is 0 Å². The van der Waals surface area contributed by atoms with Crippen LogP contribution in [0.1, 0.15) is 46.2 Å². The lowest BCUT2D eigenvalue weighted by atomic mass is 10.1. The summed E-state index contributed by atoms with van der Waals surface area (Å²) in [5, 5.41) is 9.05. The monoisotopic (exact) mass is 487 g/mol. The number of pyridine rings is 1. The van der Waals surface area contributed by atoms with Gasteiger partial charge in [-0.2, -0.15) is 9.97 Å². The second-order valence-corrected chi connectivity index (χ2v) is 8.78. The number of carbonyl (C=O) groups is 1. The number of ether oxygens (including phenoxy) is 1. The van der Waals surface area contributed by atoms with Gasteiger partial charge in [0.2, 0.25) is 11.0 Å². The number of esters is 1. The average molecular weight is 488 g/mol. The van der Waals surface area contributed by atoms with Gasteiger partial charge in [0.1, 0.15) is 0 Å². The molecule has 0 aliphatic carbocycles. The van der Waals surface area contributed by atoms with Crippen LogP contribution >= 0.6 is 11.8 Å². The number of aromatic nitrogens is 7. The molecule has 0 N–H and O–H groups in total. The summed E-state index contributed by atoms with van der Waals surface area (Å²) in [7, 11) is 0. The fourth-order valence-electron chi connectivity index (χ4n) is 3.48. The first-order valence-corrected chi connectivity index (χ1v) is 11.8. The fourth-order valence-corrected chi connectivity index (χ4v) is 4.31. The lowest BCUT2D eigenvalue weighted by Gasteiger charge is -2.11. The lowest BCUT2D eigenvalue weighted by molar-refractivity contribution is 0.0264. The van der Waals surface area contributed by atoms with Crippen molar-refractivity contribution in [2.45, 2.75) is 37.8 Å². The SMILES string of the molecule is Cc1cc(C)n2nc(SCc3ccccc3C(=O)OC(C)c3nc(-c4cccnc4)no3)nc2n1. The summed E-state index contributed by atoms with van der Waals surface area (Å²) < 4.78 is 12.7. The molecule has 0 bridgehead atoms. The van der Waals surface area contributed by atoms with Gasteiger partial charge in [0.05, 0.1) is 5.56 Å². The predicted octanol–water partition coefficient (Wildman–Crippen LogP) is 4.40. The van der Waals surface area contributed by atoms with Crippen LogP contribution in [0.2, 0.25) is 0 Å². The molecule has 11 heteroatoms. The quantitative estimate of drug-likeness (QED) is 0.241. The molecule has 0 saturated heterocycles. The van der Waals surface area contributed by atoms with Crippen LogP contribution in [0.3, 0.4) is 0 Å². The molecule has 1 atom stereocenters. The van der Waals surface area contributed by atoms with Gasteiger partial charge in [-0.15, -0.1) is 5.10 Å². The third-order valence-electron chi connectivity index (χ3n) is 5.19. The van der Waals surface area contributed by atoms with Crippen LogP contribution in [0.15, 0.2) is 64.5 Å². The Morgan fingerprint density at radius 3 is 2.83 bits per heavy atom. The van der Waals surface area contributed by atoms with Gasteiger partial charge in [-0.3, -0.25) is 4.98 Å². The van der Waals surface area contributed by atoms with Crippen LogP contribution in [-0.4, -0.2) is 40.7 Å². The molecule has 10 nitrogen and oxygen atoms in total. The summed E-state index contributed by atoms with van der Waals surface area (Å²) >= 11 is 1.42. The average Bonchev–Trinajstić information content (AvgIpc) is 3.51. The largest absolute Gasteiger partial charge is 0.449 e. The van der Waals surface area contributed by atoms with E-state index in [0.29, 0.717) is 33.6 Å². The standard InChI is InChI=1S/C24H21N7O3S/c1-14-11-15(2)31-23(26-14)28-24(29-31)35-13-18-7-4-5-9-19(18)22(32)33-16(3)21-27-20(30-34-21)17-8-6-10-25-12-17/h4-12,16H,13H2,1-3H3. The maximum Gasteiger partial charge on any atom is 0.339 e.